The van der Waals surface area contributed by atoms with Gasteiger partial charge < -0.3 is 14.8 Å². The van der Waals surface area contributed by atoms with Gasteiger partial charge in [0.1, 0.15) is 11.4 Å². The number of nitrogens with one attached hydrogen (secondary N) is 1. The third kappa shape index (κ3) is 2.49. The van der Waals surface area contributed by atoms with Crippen molar-refractivity contribution in [2.24, 2.45) is 0 Å². The van der Waals surface area contributed by atoms with Gasteiger partial charge in [-0.25, -0.2) is 0 Å². The van der Waals surface area contributed by atoms with Crippen LogP contribution >= 0.6 is 0 Å². The van der Waals surface area contributed by atoms with Gasteiger partial charge in [-0.15, -0.1) is 0 Å². The van der Waals surface area contributed by atoms with E-state index in [1.807, 2.05) is 0 Å². The van der Waals surface area contributed by atoms with E-state index in [0.717, 1.165) is 0 Å². The summed E-state index contributed by atoms with van der Waals surface area (Å²) in [6.45, 7) is 0. The topological polar surface area (TPSA) is 62.3 Å². The number of aliphatic carboxylic acids is 1. The molecule has 0 unspecified atom stereocenters. The second-order valence-electron chi connectivity index (χ2n) is 3.96. The Kier molecular flexibility index (Phi) is 3.13. The molecule has 0 bridgehead atoms. The van der Waals surface area contributed by atoms with E-state index in [9.17, 15) is 18.0 Å². The second-order valence-corrected chi connectivity index (χ2v) is 3.96. The fourth-order valence-electron chi connectivity index (χ4n) is 1.93. The van der Waals surface area contributed by atoms with Crippen LogP contribution in [0.5, 0.6) is 5.75 Å². The van der Waals surface area contributed by atoms with E-state index < -0.39 is 24.3 Å². The largest absolute Gasteiger partial charge is 0.497 e. The first-order valence-electron chi connectivity index (χ1n) is 5.30. The number of carbonyl (C=O) groups is 1. The molecule has 4 nitrogen and oxygen atoms in total. The number of carboxylic acids is 1. The van der Waals surface area contributed by atoms with Crippen LogP contribution in [0, 0.1) is 0 Å². The minimum Gasteiger partial charge on any atom is -0.497 e. The van der Waals surface area contributed by atoms with Crippen LogP contribution in [-0.4, -0.2) is 23.2 Å². The quantitative estimate of drug-likeness (QED) is 0.903. The molecular formula is C12H10F3NO3. The van der Waals surface area contributed by atoms with Gasteiger partial charge in [0.25, 0.3) is 0 Å². The second kappa shape index (κ2) is 4.49. The number of halogens is 3. The predicted molar refractivity (Wildman–Crippen MR) is 61.2 cm³/mol. The lowest BCUT2D eigenvalue weighted by Crippen LogP contribution is -2.11. The molecule has 7 heteroatoms. The van der Waals surface area contributed by atoms with Gasteiger partial charge in [-0.1, -0.05) is 0 Å². The van der Waals surface area contributed by atoms with E-state index in [0.29, 0.717) is 5.75 Å². The zero-order valence-electron chi connectivity index (χ0n) is 9.84. The number of H-pyrrole nitrogens is 1. The predicted octanol–water partition coefficient (Wildman–Crippen LogP) is 2.82. The van der Waals surface area contributed by atoms with Crippen molar-refractivity contribution in [3.8, 4) is 5.75 Å². The standard InChI is InChI=1S/C12H10F3NO3/c1-19-6-2-3-9-7(4-6)8(5-10(17)18)11(16-9)12(13,14)15/h2-4,16H,5H2,1H3,(H,17,18). The van der Waals surface area contributed by atoms with Crippen LogP contribution in [0.2, 0.25) is 0 Å². The van der Waals surface area contributed by atoms with Crippen LogP contribution in [0.25, 0.3) is 10.9 Å². The number of carboxylic acid groups (broad SMARTS) is 1. The Morgan fingerprint density at radius 2 is 2.11 bits per heavy atom. The number of aromatic nitrogens is 1. The Balaban J connectivity index is 2.71. The number of hydrogen-bond donors (Lipinski definition) is 2. The van der Waals surface area contributed by atoms with Crippen molar-refractivity contribution >= 4 is 16.9 Å². The molecular weight excluding hydrogens is 263 g/mol. The van der Waals surface area contributed by atoms with Crippen LogP contribution in [0.15, 0.2) is 18.2 Å². The van der Waals surface area contributed by atoms with Crippen molar-refractivity contribution in [1.82, 2.24) is 4.98 Å². The first-order chi connectivity index (χ1) is 8.82. The van der Waals surface area contributed by atoms with Gasteiger partial charge in [0.05, 0.1) is 13.5 Å². The number of rotatable bonds is 3. The minimum atomic E-state index is -4.63. The maximum atomic E-state index is 12.9. The molecule has 0 spiro atoms. The Bertz CT molecular complexity index is 631. The Morgan fingerprint density at radius 1 is 1.42 bits per heavy atom. The summed E-state index contributed by atoms with van der Waals surface area (Å²) in [7, 11) is 1.38. The molecule has 0 fully saturated rings. The molecule has 2 aromatic rings. The molecule has 0 saturated carbocycles. The third-order valence-corrected chi connectivity index (χ3v) is 2.72. The molecule has 0 aliphatic heterocycles. The number of hydrogen-bond acceptors (Lipinski definition) is 2. The highest BCUT2D eigenvalue weighted by Crippen LogP contribution is 2.36. The summed E-state index contributed by atoms with van der Waals surface area (Å²) in [5, 5.41) is 8.95. The van der Waals surface area contributed by atoms with E-state index >= 15 is 0 Å². The number of methoxy groups -OCH3 is 1. The van der Waals surface area contributed by atoms with Crippen LogP contribution in [0.1, 0.15) is 11.3 Å². The lowest BCUT2D eigenvalue weighted by Gasteiger charge is -2.06. The molecule has 2 rings (SSSR count). The van der Waals surface area contributed by atoms with Crippen molar-refractivity contribution in [2.45, 2.75) is 12.6 Å². The van der Waals surface area contributed by atoms with Crippen molar-refractivity contribution in [3.63, 3.8) is 0 Å². The van der Waals surface area contributed by atoms with E-state index in [1.54, 1.807) is 0 Å². The van der Waals surface area contributed by atoms with Gasteiger partial charge in [0.2, 0.25) is 0 Å². The first-order valence-corrected chi connectivity index (χ1v) is 5.30. The molecule has 19 heavy (non-hydrogen) atoms. The molecule has 0 atom stereocenters. The van der Waals surface area contributed by atoms with Crippen LogP contribution < -0.4 is 4.74 Å². The van der Waals surface area contributed by atoms with Gasteiger partial charge in [-0.3, -0.25) is 4.79 Å². The number of alkyl halides is 3. The van der Waals surface area contributed by atoms with Crippen molar-refractivity contribution in [1.29, 1.82) is 0 Å². The maximum Gasteiger partial charge on any atom is 0.431 e. The Morgan fingerprint density at radius 3 is 2.63 bits per heavy atom. The average Bonchev–Trinajstić information content (AvgIpc) is 2.66. The van der Waals surface area contributed by atoms with Gasteiger partial charge in [-0.05, 0) is 18.2 Å². The molecule has 0 aliphatic carbocycles. The molecule has 1 aromatic carbocycles. The number of fused-ring (bicyclic) bond motifs is 1. The van der Waals surface area contributed by atoms with Crippen LogP contribution in [-0.2, 0) is 17.4 Å². The maximum absolute atomic E-state index is 12.9. The first kappa shape index (κ1) is 13.3. The Hall–Kier alpha value is -2.18. The van der Waals surface area contributed by atoms with E-state index in [1.165, 1.54) is 25.3 Å². The van der Waals surface area contributed by atoms with Gasteiger partial charge in [0, 0.05) is 16.5 Å². The summed E-state index contributed by atoms with van der Waals surface area (Å²) in [4.78, 5) is 12.9. The fourth-order valence-corrected chi connectivity index (χ4v) is 1.93. The number of aromatic amines is 1. The average molecular weight is 273 g/mol. The normalized spacial score (nSPS) is 11.8. The van der Waals surface area contributed by atoms with Crippen LogP contribution in [0.3, 0.4) is 0 Å². The molecule has 1 heterocycles. The lowest BCUT2D eigenvalue weighted by atomic mass is 10.1. The monoisotopic (exact) mass is 273 g/mol. The van der Waals surface area contributed by atoms with Crippen molar-refractivity contribution < 1.29 is 27.8 Å². The zero-order valence-corrected chi connectivity index (χ0v) is 9.84. The summed E-state index contributed by atoms with van der Waals surface area (Å²) in [5.41, 5.74) is -1.09. The lowest BCUT2D eigenvalue weighted by molar-refractivity contribution is -0.142. The van der Waals surface area contributed by atoms with Crippen molar-refractivity contribution in [2.75, 3.05) is 7.11 Å². The molecule has 102 valence electrons. The molecule has 2 N–H and O–H groups in total. The third-order valence-electron chi connectivity index (χ3n) is 2.72. The minimum absolute atomic E-state index is 0.203. The summed E-state index contributed by atoms with van der Waals surface area (Å²) < 4.78 is 43.5. The number of benzene rings is 1. The van der Waals surface area contributed by atoms with Crippen molar-refractivity contribution in [3.05, 3.63) is 29.5 Å². The molecule has 1 aromatic heterocycles. The SMILES string of the molecule is COc1ccc2[nH]c(C(F)(F)F)c(CC(=O)O)c2c1. The molecule has 0 saturated heterocycles. The summed E-state index contributed by atoms with van der Waals surface area (Å²) in [5.74, 6) is -0.957. The highest BCUT2D eigenvalue weighted by Gasteiger charge is 2.36. The van der Waals surface area contributed by atoms with E-state index in [2.05, 4.69) is 4.98 Å². The van der Waals surface area contributed by atoms with Gasteiger partial charge in [-0.2, -0.15) is 13.2 Å². The highest BCUT2D eigenvalue weighted by molar-refractivity contribution is 5.89. The van der Waals surface area contributed by atoms with E-state index in [-0.39, 0.29) is 16.5 Å². The Labute approximate surface area is 105 Å². The fraction of sp³-hybridized carbons (Fsp3) is 0.250. The molecule has 0 amide bonds. The highest BCUT2D eigenvalue weighted by atomic mass is 19.4. The van der Waals surface area contributed by atoms with Gasteiger partial charge >= 0.3 is 12.1 Å². The molecule has 0 aliphatic rings. The summed E-state index contributed by atoms with van der Waals surface area (Å²) in [6, 6.07) is 4.32. The smallest absolute Gasteiger partial charge is 0.431 e. The zero-order chi connectivity index (χ0) is 14.2. The van der Waals surface area contributed by atoms with Gasteiger partial charge in [0.15, 0.2) is 0 Å². The van der Waals surface area contributed by atoms with Crippen LogP contribution in [0.4, 0.5) is 13.2 Å². The summed E-state index contributed by atoms with van der Waals surface area (Å²) in [6.07, 6.45) is -5.33. The van der Waals surface area contributed by atoms with E-state index in [4.69, 9.17) is 9.84 Å². The summed E-state index contributed by atoms with van der Waals surface area (Å²) >= 11 is 0. The molecule has 0 radical (unpaired) electrons. The number of ether oxygens (including phenoxy) is 1.